The van der Waals surface area contributed by atoms with Crippen molar-refractivity contribution < 1.29 is 32.3 Å². The lowest BCUT2D eigenvalue weighted by atomic mass is 10.1. The van der Waals surface area contributed by atoms with Crippen molar-refractivity contribution >= 4 is 22.9 Å². The number of amides is 1. The number of hydrogen-bond donors (Lipinski definition) is 0. The molecular formula is C17H12F2N4O5. The summed E-state index contributed by atoms with van der Waals surface area (Å²) in [4.78, 5) is 21.7. The Kier molecular flexibility index (Phi) is 3.91. The van der Waals surface area contributed by atoms with E-state index in [1.54, 1.807) is 0 Å². The quantitative estimate of drug-likeness (QED) is 0.673. The lowest BCUT2D eigenvalue weighted by Crippen LogP contribution is -2.28. The zero-order valence-electron chi connectivity index (χ0n) is 14.2. The van der Waals surface area contributed by atoms with Crippen LogP contribution in [0.2, 0.25) is 0 Å². The highest BCUT2D eigenvalue weighted by Crippen LogP contribution is 2.39. The van der Waals surface area contributed by atoms with Gasteiger partial charge in [0.15, 0.2) is 17.9 Å². The predicted octanol–water partition coefficient (Wildman–Crippen LogP) is 2.64. The number of benzene rings is 1. The van der Waals surface area contributed by atoms with Crippen molar-refractivity contribution in [3.63, 3.8) is 0 Å². The zero-order chi connectivity index (χ0) is 19.3. The highest BCUT2D eigenvalue weighted by Gasteiger charge is 2.40. The van der Waals surface area contributed by atoms with Crippen LogP contribution in [0.3, 0.4) is 0 Å². The van der Waals surface area contributed by atoms with E-state index in [-0.39, 0.29) is 36.6 Å². The van der Waals surface area contributed by atoms with Crippen LogP contribution < -0.4 is 4.90 Å². The molecule has 2 saturated heterocycles. The molecular weight excluding hydrogens is 378 g/mol. The van der Waals surface area contributed by atoms with Crippen LogP contribution in [0.25, 0.3) is 11.0 Å². The van der Waals surface area contributed by atoms with E-state index in [1.165, 1.54) is 29.6 Å². The molecule has 5 rings (SSSR count). The van der Waals surface area contributed by atoms with Gasteiger partial charge in [0.2, 0.25) is 11.4 Å². The van der Waals surface area contributed by atoms with Crippen LogP contribution in [0.5, 0.6) is 0 Å². The Bertz CT molecular complexity index is 1050. The van der Waals surface area contributed by atoms with Crippen molar-refractivity contribution in [1.82, 2.24) is 15.1 Å². The molecule has 1 atom stereocenters. The van der Waals surface area contributed by atoms with Crippen molar-refractivity contribution in [3.05, 3.63) is 47.5 Å². The third-order valence-electron chi connectivity index (χ3n) is 4.56. The van der Waals surface area contributed by atoms with E-state index in [0.717, 1.165) is 0 Å². The van der Waals surface area contributed by atoms with E-state index in [9.17, 15) is 13.6 Å². The number of hydrogen-bond acceptors (Lipinski definition) is 8. The largest absolute Gasteiger partial charge is 0.446 e. The molecule has 1 aromatic carbocycles. The molecule has 2 fully saturated rings. The van der Waals surface area contributed by atoms with Crippen LogP contribution in [0.1, 0.15) is 23.6 Å². The Morgan fingerprint density at radius 2 is 1.96 bits per heavy atom. The summed E-state index contributed by atoms with van der Waals surface area (Å²) in [6, 6.07) is 0.652. The second-order valence-electron chi connectivity index (χ2n) is 6.14. The van der Waals surface area contributed by atoms with Gasteiger partial charge in [-0.25, -0.2) is 14.1 Å². The van der Waals surface area contributed by atoms with Gasteiger partial charge in [-0.2, -0.15) is 4.39 Å². The number of fused-ring (bicyclic) bond motifs is 1. The Hall–Kier alpha value is -3.18. The maximum Gasteiger partial charge on any atom is 0.416 e. The van der Waals surface area contributed by atoms with Gasteiger partial charge in [-0.1, -0.05) is 5.16 Å². The number of anilines is 1. The molecule has 144 valence electrons. The summed E-state index contributed by atoms with van der Waals surface area (Å²) in [5, 5.41) is 3.87. The second kappa shape index (κ2) is 6.46. The molecule has 0 bridgehead atoms. The number of aromatic nitrogens is 3. The normalized spacial score (nSPS) is 20.3. The number of ether oxygens (including phenoxy) is 3. The molecule has 0 spiro atoms. The minimum atomic E-state index is -1.24. The summed E-state index contributed by atoms with van der Waals surface area (Å²) in [7, 11) is 0. The van der Waals surface area contributed by atoms with Gasteiger partial charge in [-0.05, 0) is 6.07 Å². The lowest BCUT2D eigenvalue weighted by Gasteiger charge is -2.18. The van der Waals surface area contributed by atoms with Crippen molar-refractivity contribution in [2.24, 2.45) is 0 Å². The number of halogens is 2. The Morgan fingerprint density at radius 3 is 2.71 bits per heavy atom. The number of carbonyl (C=O) groups is 1. The van der Waals surface area contributed by atoms with E-state index in [1.807, 2.05) is 0 Å². The third-order valence-corrected chi connectivity index (χ3v) is 4.56. The van der Waals surface area contributed by atoms with Gasteiger partial charge in [-0.15, -0.1) is 0 Å². The van der Waals surface area contributed by atoms with E-state index in [2.05, 4.69) is 15.1 Å². The number of carbonyl (C=O) groups excluding carboxylic acids is 1. The summed E-state index contributed by atoms with van der Waals surface area (Å²) in [6.45, 7) is 0.512. The lowest BCUT2D eigenvalue weighted by molar-refractivity contribution is -0.0467. The SMILES string of the molecule is O=C1OCC(c2cnccn2)N1c1noc2c(F)c(F)c(C3OCCO3)cc12. The molecule has 2 aromatic heterocycles. The number of cyclic esters (lactones) is 1. The molecule has 28 heavy (non-hydrogen) atoms. The van der Waals surface area contributed by atoms with Crippen LogP contribution in [0, 0.1) is 11.6 Å². The third kappa shape index (κ3) is 2.51. The molecule has 2 aliphatic heterocycles. The molecule has 1 unspecified atom stereocenters. The highest BCUT2D eigenvalue weighted by atomic mass is 19.2. The van der Waals surface area contributed by atoms with E-state index in [4.69, 9.17) is 18.7 Å². The summed E-state index contributed by atoms with van der Waals surface area (Å²) < 4.78 is 49.6. The maximum absolute atomic E-state index is 14.6. The van der Waals surface area contributed by atoms with Crippen LogP contribution in [0.4, 0.5) is 19.4 Å². The second-order valence-corrected chi connectivity index (χ2v) is 6.14. The van der Waals surface area contributed by atoms with E-state index in [0.29, 0.717) is 5.69 Å². The highest BCUT2D eigenvalue weighted by molar-refractivity contribution is 5.99. The van der Waals surface area contributed by atoms with Crippen LogP contribution in [0.15, 0.2) is 29.2 Å². The Morgan fingerprint density at radius 1 is 1.14 bits per heavy atom. The molecule has 1 amide bonds. The molecule has 2 aliphatic rings. The Balaban J connectivity index is 1.65. The molecule has 11 heteroatoms. The van der Waals surface area contributed by atoms with Crippen LogP contribution in [-0.2, 0) is 14.2 Å². The summed E-state index contributed by atoms with van der Waals surface area (Å²) in [5.41, 5.74) is -0.114. The van der Waals surface area contributed by atoms with Crippen molar-refractivity contribution in [1.29, 1.82) is 0 Å². The average Bonchev–Trinajstić information content (AvgIpc) is 3.45. The zero-order valence-corrected chi connectivity index (χ0v) is 14.2. The molecule has 9 nitrogen and oxygen atoms in total. The standard InChI is InChI=1S/C17H12F2N4O5/c18-12-8(16-25-3-4-26-16)5-9-14(13(12)19)28-22-15(9)23-11(7-27-17(23)24)10-6-20-1-2-21-10/h1-2,5-6,11,16H,3-4,7H2. The van der Waals surface area contributed by atoms with Crippen molar-refractivity contribution in [2.45, 2.75) is 12.3 Å². The Labute approximate surface area is 155 Å². The summed E-state index contributed by atoms with van der Waals surface area (Å²) in [5.74, 6) is -2.42. The molecule has 4 heterocycles. The maximum atomic E-state index is 14.6. The number of nitrogens with zero attached hydrogens (tertiary/aromatic N) is 4. The average molecular weight is 390 g/mol. The smallest absolute Gasteiger partial charge is 0.416 e. The first-order valence-corrected chi connectivity index (χ1v) is 8.37. The van der Waals surface area contributed by atoms with Gasteiger partial charge in [0, 0.05) is 18.0 Å². The van der Waals surface area contributed by atoms with Gasteiger partial charge in [0.1, 0.15) is 12.6 Å². The topological polar surface area (TPSA) is 99.8 Å². The molecule has 3 aromatic rings. The fraction of sp³-hybridized carbons (Fsp3) is 0.294. The summed E-state index contributed by atoms with van der Waals surface area (Å²) in [6.07, 6.45) is 2.67. The molecule has 0 N–H and O–H groups in total. The first-order chi connectivity index (χ1) is 13.6. The van der Waals surface area contributed by atoms with Gasteiger partial charge in [0.25, 0.3) is 0 Å². The molecule has 0 radical (unpaired) electrons. The predicted molar refractivity (Wildman–Crippen MR) is 87.2 cm³/mol. The van der Waals surface area contributed by atoms with E-state index >= 15 is 0 Å². The molecule has 0 aliphatic carbocycles. The first-order valence-electron chi connectivity index (χ1n) is 8.37. The fourth-order valence-corrected chi connectivity index (χ4v) is 3.26. The van der Waals surface area contributed by atoms with Gasteiger partial charge < -0.3 is 18.7 Å². The number of rotatable bonds is 3. The van der Waals surface area contributed by atoms with E-state index < -0.39 is 35.6 Å². The van der Waals surface area contributed by atoms with Crippen molar-refractivity contribution in [2.75, 3.05) is 24.7 Å². The summed E-state index contributed by atoms with van der Waals surface area (Å²) >= 11 is 0. The minimum Gasteiger partial charge on any atom is -0.446 e. The fourth-order valence-electron chi connectivity index (χ4n) is 3.26. The molecule has 0 saturated carbocycles. The van der Waals surface area contributed by atoms with Crippen LogP contribution in [-0.4, -0.2) is 41.0 Å². The van der Waals surface area contributed by atoms with Crippen LogP contribution >= 0.6 is 0 Å². The first kappa shape index (κ1) is 17.0. The van der Waals surface area contributed by atoms with Gasteiger partial charge in [0.05, 0.1) is 30.5 Å². The van der Waals surface area contributed by atoms with Crippen molar-refractivity contribution in [3.8, 4) is 0 Å². The van der Waals surface area contributed by atoms with Gasteiger partial charge in [-0.3, -0.25) is 9.97 Å². The minimum absolute atomic E-state index is 0.00272. The van der Waals surface area contributed by atoms with Gasteiger partial charge >= 0.3 is 6.09 Å². The monoisotopic (exact) mass is 390 g/mol.